The van der Waals surface area contributed by atoms with Crippen molar-refractivity contribution in [3.8, 4) is 5.82 Å². The molecule has 2 rings (SSSR count). The highest BCUT2D eigenvalue weighted by atomic mass is 15.3. The molecule has 0 radical (unpaired) electrons. The first-order chi connectivity index (χ1) is 8.65. The van der Waals surface area contributed by atoms with Crippen LogP contribution in [0, 0.1) is 0 Å². The number of rotatable bonds is 4. The summed E-state index contributed by atoms with van der Waals surface area (Å²) in [5.74, 6) is 0.848. The highest BCUT2D eigenvalue weighted by Gasteiger charge is 2.09. The maximum Gasteiger partial charge on any atom is 0.153 e. The van der Waals surface area contributed by atoms with Crippen LogP contribution in [0.2, 0.25) is 0 Å². The predicted molar refractivity (Wildman–Crippen MR) is 72.7 cm³/mol. The number of aromatic nitrogens is 3. The van der Waals surface area contributed by atoms with Crippen molar-refractivity contribution < 1.29 is 0 Å². The topological polar surface area (TPSA) is 56.7 Å². The van der Waals surface area contributed by atoms with Crippen molar-refractivity contribution in [3.05, 3.63) is 41.3 Å². The standard InChI is InChI=1S/C14H20N4/c1-4-12-9-13(5-2)18(17-12)14-8-11(10(3)15)6-7-16-14/h6-10H,4-5,15H2,1-3H3/t10-/m0/s1. The van der Waals surface area contributed by atoms with E-state index in [4.69, 9.17) is 5.73 Å². The lowest BCUT2D eigenvalue weighted by molar-refractivity contribution is 0.759. The van der Waals surface area contributed by atoms with E-state index in [1.807, 2.05) is 23.7 Å². The zero-order valence-corrected chi connectivity index (χ0v) is 11.2. The van der Waals surface area contributed by atoms with E-state index in [0.717, 1.165) is 29.9 Å². The van der Waals surface area contributed by atoms with E-state index in [1.54, 1.807) is 6.20 Å². The minimum absolute atomic E-state index is 0.0121. The van der Waals surface area contributed by atoms with Gasteiger partial charge in [-0.3, -0.25) is 0 Å². The average Bonchev–Trinajstić information content (AvgIpc) is 2.82. The molecule has 0 unspecified atom stereocenters. The summed E-state index contributed by atoms with van der Waals surface area (Å²) in [6, 6.07) is 6.11. The first-order valence-corrected chi connectivity index (χ1v) is 6.45. The fraction of sp³-hybridized carbons (Fsp3) is 0.429. The van der Waals surface area contributed by atoms with Crippen molar-refractivity contribution in [2.45, 2.75) is 39.7 Å². The molecule has 0 saturated carbocycles. The van der Waals surface area contributed by atoms with Crippen LogP contribution in [0.1, 0.15) is 43.8 Å². The predicted octanol–water partition coefficient (Wildman–Crippen LogP) is 2.41. The van der Waals surface area contributed by atoms with Crippen molar-refractivity contribution in [1.29, 1.82) is 0 Å². The smallest absolute Gasteiger partial charge is 0.153 e. The minimum Gasteiger partial charge on any atom is -0.324 e. The van der Waals surface area contributed by atoms with Gasteiger partial charge in [0.2, 0.25) is 0 Å². The molecule has 2 aromatic heterocycles. The second-order valence-electron chi connectivity index (χ2n) is 4.48. The zero-order valence-electron chi connectivity index (χ0n) is 11.2. The molecule has 0 aliphatic rings. The lowest BCUT2D eigenvalue weighted by atomic mass is 10.1. The van der Waals surface area contributed by atoms with Gasteiger partial charge in [-0.1, -0.05) is 13.8 Å². The Labute approximate surface area is 108 Å². The normalized spacial score (nSPS) is 12.7. The summed E-state index contributed by atoms with van der Waals surface area (Å²) in [4.78, 5) is 4.39. The lowest BCUT2D eigenvalue weighted by Crippen LogP contribution is -2.09. The molecule has 1 atom stereocenters. The van der Waals surface area contributed by atoms with Gasteiger partial charge in [0.05, 0.1) is 5.69 Å². The average molecular weight is 244 g/mol. The lowest BCUT2D eigenvalue weighted by Gasteiger charge is -2.09. The summed E-state index contributed by atoms with van der Waals surface area (Å²) in [7, 11) is 0. The number of hydrogen-bond acceptors (Lipinski definition) is 3. The van der Waals surface area contributed by atoms with Crippen LogP contribution < -0.4 is 5.73 Å². The van der Waals surface area contributed by atoms with Gasteiger partial charge in [0.15, 0.2) is 5.82 Å². The van der Waals surface area contributed by atoms with Gasteiger partial charge in [0.25, 0.3) is 0 Å². The maximum absolute atomic E-state index is 5.91. The van der Waals surface area contributed by atoms with Crippen LogP contribution >= 0.6 is 0 Å². The van der Waals surface area contributed by atoms with Gasteiger partial charge >= 0.3 is 0 Å². The fourth-order valence-electron chi connectivity index (χ4n) is 1.93. The van der Waals surface area contributed by atoms with Crippen molar-refractivity contribution in [1.82, 2.24) is 14.8 Å². The molecular weight excluding hydrogens is 224 g/mol. The van der Waals surface area contributed by atoms with Crippen LogP contribution in [0.3, 0.4) is 0 Å². The molecule has 0 aromatic carbocycles. The van der Waals surface area contributed by atoms with Crippen LogP contribution in [0.25, 0.3) is 5.82 Å². The van der Waals surface area contributed by atoms with Gasteiger partial charge in [-0.2, -0.15) is 5.10 Å². The molecular formula is C14H20N4. The van der Waals surface area contributed by atoms with Gasteiger partial charge < -0.3 is 5.73 Å². The molecule has 0 aliphatic heterocycles. The Balaban J connectivity index is 2.47. The van der Waals surface area contributed by atoms with Gasteiger partial charge in [-0.05, 0) is 43.5 Å². The SMILES string of the molecule is CCc1cc(CC)n(-c2cc([C@H](C)N)ccn2)n1. The first kappa shape index (κ1) is 12.8. The molecule has 4 heteroatoms. The van der Waals surface area contributed by atoms with E-state index >= 15 is 0 Å². The quantitative estimate of drug-likeness (QED) is 0.898. The van der Waals surface area contributed by atoms with Crippen molar-refractivity contribution >= 4 is 0 Å². The third-order valence-electron chi connectivity index (χ3n) is 3.07. The highest BCUT2D eigenvalue weighted by Crippen LogP contribution is 2.16. The van der Waals surface area contributed by atoms with E-state index in [-0.39, 0.29) is 6.04 Å². The summed E-state index contributed by atoms with van der Waals surface area (Å²) < 4.78 is 1.92. The number of pyridine rings is 1. The van der Waals surface area contributed by atoms with Crippen LogP contribution in [-0.2, 0) is 12.8 Å². The summed E-state index contributed by atoms with van der Waals surface area (Å²) >= 11 is 0. The Morgan fingerprint density at radius 3 is 2.67 bits per heavy atom. The second-order valence-corrected chi connectivity index (χ2v) is 4.48. The molecule has 0 bridgehead atoms. The number of nitrogens with zero attached hydrogens (tertiary/aromatic N) is 3. The molecule has 0 aliphatic carbocycles. The molecule has 0 spiro atoms. The van der Waals surface area contributed by atoms with Gasteiger partial charge in [-0.15, -0.1) is 0 Å². The van der Waals surface area contributed by atoms with E-state index in [2.05, 4.69) is 30.0 Å². The van der Waals surface area contributed by atoms with Gasteiger partial charge in [0, 0.05) is 17.9 Å². The Bertz CT molecular complexity index is 528. The van der Waals surface area contributed by atoms with E-state index in [0.29, 0.717) is 0 Å². The van der Waals surface area contributed by atoms with Crippen LogP contribution in [0.4, 0.5) is 0 Å². The largest absolute Gasteiger partial charge is 0.324 e. The minimum atomic E-state index is 0.0121. The Hall–Kier alpha value is -1.68. The van der Waals surface area contributed by atoms with Crippen LogP contribution in [0.5, 0.6) is 0 Å². The van der Waals surface area contributed by atoms with E-state index in [1.165, 1.54) is 5.69 Å². The Morgan fingerprint density at radius 2 is 2.06 bits per heavy atom. The third-order valence-corrected chi connectivity index (χ3v) is 3.07. The van der Waals surface area contributed by atoms with E-state index < -0.39 is 0 Å². The van der Waals surface area contributed by atoms with Crippen LogP contribution in [0.15, 0.2) is 24.4 Å². The molecule has 0 saturated heterocycles. The Kier molecular flexibility index (Phi) is 3.77. The molecule has 2 heterocycles. The monoisotopic (exact) mass is 244 g/mol. The van der Waals surface area contributed by atoms with Gasteiger partial charge in [0.1, 0.15) is 0 Å². The molecule has 96 valence electrons. The number of nitrogens with two attached hydrogens (primary N) is 1. The summed E-state index contributed by atoms with van der Waals surface area (Å²) in [6.07, 6.45) is 3.67. The summed E-state index contributed by atoms with van der Waals surface area (Å²) in [6.45, 7) is 6.21. The summed E-state index contributed by atoms with van der Waals surface area (Å²) in [5.41, 5.74) is 9.26. The van der Waals surface area contributed by atoms with Crippen LogP contribution in [-0.4, -0.2) is 14.8 Å². The zero-order chi connectivity index (χ0) is 13.1. The van der Waals surface area contributed by atoms with Crippen molar-refractivity contribution in [2.75, 3.05) is 0 Å². The molecule has 2 aromatic rings. The third kappa shape index (κ3) is 2.43. The summed E-state index contributed by atoms with van der Waals surface area (Å²) in [5, 5.41) is 4.58. The highest BCUT2D eigenvalue weighted by molar-refractivity contribution is 5.31. The molecule has 18 heavy (non-hydrogen) atoms. The maximum atomic E-state index is 5.91. The van der Waals surface area contributed by atoms with Crippen molar-refractivity contribution in [3.63, 3.8) is 0 Å². The molecule has 0 amide bonds. The van der Waals surface area contributed by atoms with Gasteiger partial charge in [-0.25, -0.2) is 9.67 Å². The first-order valence-electron chi connectivity index (χ1n) is 6.45. The van der Waals surface area contributed by atoms with E-state index in [9.17, 15) is 0 Å². The molecule has 2 N–H and O–H groups in total. The number of aryl methyl sites for hydroxylation is 2. The fourth-order valence-corrected chi connectivity index (χ4v) is 1.93. The van der Waals surface area contributed by atoms with Crippen molar-refractivity contribution in [2.24, 2.45) is 5.73 Å². The number of hydrogen-bond donors (Lipinski definition) is 1. The second kappa shape index (κ2) is 5.31. The molecule has 0 fully saturated rings. The Morgan fingerprint density at radius 1 is 1.28 bits per heavy atom. The molecule has 4 nitrogen and oxygen atoms in total.